The first kappa shape index (κ1) is 12.5. The fourth-order valence-corrected chi connectivity index (χ4v) is 2.98. The zero-order valence-electron chi connectivity index (χ0n) is 11.9. The quantitative estimate of drug-likeness (QED) is 0.889. The van der Waals surface area contributed by atoms with Gasteiger partial charge in [-0.1, -0.05) is 6.07 Å². The lowest BCUT2D eigenvalue weighted by Crippen LogP contribution is -2.42. The van der Waals surface area contributed by atoms with E-state index < -0.39 is 0 Å². The smallest absolute Gasteiger partial charge is 0.161 e. The second-order valence-electron chi connectivity index (χ2n) is 6.38. The molecule has 1 aromatic carbocycles. The highest BCUT2D eigenvalue weighted by Gasteiger charge is 2.46. The Morgan fingerprint density at radius 1 is 1.05 bits per heavy atom. The average Bonchev–Trinajstić information content (AvgIpc) is 3.28. The van der Waals surface area contributed by atoms with E-state index in [9.17, 15) is 0 Å². The number of nitrogens with one attached hydrogen (secondary N) is 1. The molecule has 0 amide bonds. The van der Waals surface area contributed by atoms with E-state index in [4.69, 9.17) is 9.47 Å². The number of rotatable bonds is 2. The third-order valence-electron chi connectivity index (χ3n) is 4.65. The summed E-state index contributed by atoms with van der Waals surface area (Å²) < 4.78 is 11.9. The van der Waals surface area contributed by atoms with Crippen LogP contribution in [-0.4, -0.2) is 44.3 Å². The summed E-state index contributed by atoms with van der Waals surface area (Å²) >= 11 is 0. The number of piperazine rings is 1. The summed E-state index contributed by atoms with van der Waals surface area (Å²) in [7, 11) is 0. The molecule has 1 saturated heterocycles. The normalized spacial score (nSPS) is 24.4. The Labute approximate surface area is 120 Å². The first-order valence-electron chi connectivity index (χ1n) is 7.65. The molecule has 1 aliphatic carbocycles. The van der Waals surface area contributed by atoms with E-state index in [-0.39, 0.29) is 0 Å². The van der Waals surface area contributed by atoms with Gasteiger partial charge in [0.05, 0.1) is 13.2 Å². The third-order valence-corrected chi connectivity index (χ3v) is 4.65. The maximum absolute atomic E-state index is 6.00. The van der Waals surface area contributed by atoms with Crippen molar-refractivity contribution in [3.8, 4) is 11.5 Å². The Kier molecular flexibility index (Phi) is 3.08. The molecule has 108 valence electrons. The summed E-state index contributed by atoms with van der Waals surface area (Å²) in [6.07, 6.45) is 2.49. The molecule has 1 N–H and O–H groups in total. The predicted octanol–water partition coefficient (Wildman–Crippen LogP) is 1.64. The van der Waals surface area contributed by atoms with Crippen LogP contribution in [0.2, 0.25) is 0 Å². The highest BCUT2D eigenvalue weighted by molar-refractivity contribution is 5.43. The minimum atomic E-state index is 0.317. The number of benzene rings is 1. The standard InChI is InChI=1S/C16H22N2O2/c1-2-14-15(20-12-16(3-4-16)11-19-14)9-13(1)10-18-7-5-17-6-8-18/h1-2,9,17H,3-8,10-12H2. The van der Waals surface area contributed by atoms with Crippen LogP contribution in [0.4, 0.5) is 0 Å². The van der Waals surface area contributed by atoms with Gasteiger partial charge in [-0.25, -0.2) is 0 Å². The number of hydrogen-bond donors (Lipinski definition) is 1. The van der Waals surface area contributed by atoms with Crippen LogP contribution in [0.5, 0.6) is 11.5 Å². The SMILES string of the molecule is c1cc2c(cc1CN1CCNCC1)OCC1(CC1)CO2. The topological polar surface area (TPSA) is 33.7 Å². The first-order chi connectivity index (χ1) is 9.83. The van der Waals surface area contributed by atoms with Crippen molar-refractivity contribution in [2.24, 2.45) is 5.41 Å². The van der Waals surface area contributed by atoms with Crippen LogP contribution in [0.15, 0.2) is 18.2 Å². The molecule has 0 bridgehead atoms. The molecular weight excluding hydrogens is 252 g/mol. The Morgan fingerprint density at radius 2 is 1.80 bits per heavy atom. The molecule has 2 fully saturated rings. The average molecular weight is 274 g/mol. The van der Waals surface area contributed by atoms with Gasteiger partial charge in [-0.05, 0) is 30.5 Å². The molecule has 2 heterocycles. The molecule has 20 heavy (non-hydrogen) atoms. The van der Waals surface area contributed by atoms with E-state index in [0.29, 0.717) is 5.41 Å². The van der Waals surface area contributed by atoms with E-state index in [1.165, 1.54) is 18.4 Å². The Hall–Kier alpha value is -1.26. The summed E-state index contributed by atoms with van der Waals surface area (Å²) in [5.74, 6) is 1.85. The van der Waals surface area contributed by atoms with Gasteiger partial charge in [0.2, 0.25) is 0 Å². The number of fused-ring (bicyclic) bond motifs is 1. The van der Waals surface area contributed by atoms with Crippen molar-refractivity contribution in [3.05, 3.63) is 23.8 Å². The van der Waals surface area contributed by atoms with E-state index in [0.717, 1.165) is 57.4 Å². The molecule has 1 saturated carbocycles. The van der Waals surface area contributed by atoms with Crippen LogP contribution in [0.1, 0.15) is 18.4 Å². The van der Waals surface area contributed by atoms with E-state index in [1.807, 2.05) is 0 Å². The van der Waals surface area contributed by atoms with Gasteiger partial charge >= 0.3 is 0 Å². The van der Waals surface area contributed by atoms with Crippen LogP contribution in [0.3, 0.4) is 0 Å². The van der Waals surface area contributed by atoms with Crippen LogP contribution >= 0.6 is 0 Å². The number of ether oxygens (including phenoxy) is 2. The highest BCUT2D eigenvalue weighted by Crippen LogP contribution is 2.49. The minimum Gasteiger partial charge on any atom is -0.489 e. The molecule has 4 nitrogen and oxygen atoms in total. The van der Waals surface area contributed by atoms with Crippen molar-refractivity contribution in [1.82, 2.24) is 10.2 Å². The van der Waals surface area contributed by atoms with Gasteiger partial charge < -0.3 is 14.8 Å². The Bertz CT molecular complexity index is 493. The van der Waals surface area contributed by atoms with Crippen molar-refractivity contribution in [2.75, 3.05) is 39.4 Å². The summed E-state index contributed by atoms with van der Waals surface area (Å²) in [4.78, 5) is 2.48. The first-order valence-corrected chi connectivity index (χ1v) is 7.65. The Morgan fingerprint density at radius 3 is 2.55 bits per heavy atom. The molecular formula is C16H22N2O2. The van der Waals surface area contributed by atoms with Gasteiger partial charge in [0.15, 0.2) is 11.5 Å². The monoisotopic (exact) mass is 274 g/mol. The van der Waals surface area contributed by atoms with Gasteiger partial charge in [-0.15, -0.1) is 0 Å². The van der Waals surface area contributed by atoms with Crippen molar-refractivity contribution >= 4 is 0 Å². The predicted molar refractivity (Wildman–Crippen MR) is 77.2 cm³/mol. The summed E-state index contributed by atoms with van der Waals surface area (Å²) in [5.41, 5.74) is 1.64. The van der Waals surface area contributed by atoms with Gasteiger partial charge in [-0.2, -0.15) is 0 Å². The van der Waals surface area contributed by atoms with Crippen LogP contribution < -0.4 is 14.8 Å². The molecule has 0 atom stereocenters. The van der Waals surface area contributed by atoms with E-state index >= 15 is 0 Å². The lowest BCUT2D eigenvalue weighted by molar-refractivity contribution is 0.197. The van der Waals surface area contributed by atoms with Gasteiger partial charge in [0, 0.05) is 38.1 Å². The minimum absolute atomic E-state index is 0.317. The molecule has 2 aliphatic heterocycles. The second-order valence-corrected chi connectivity index (χ2v) is 6.38. The van der Waals surface area contributed by atoms with Crippen molar-refractivity contribution in [3.63, 3.8) is 0 Å². The molecule has 0 radical (unpaired) electrons. The highest BCUT2D eigenvalue weighted by atomic mass is 16.5. The molecule has 3 aliphatic rings. The maximum atomic E-state index is 6.00. The van der Waals surface area contributed by atoms with Crippen molar-refractivity contribution in [1.29, 1.82) is 0 Å². The summed E-state index contributed by atoms with van der Waals surface area (Å²) in [6, 6.07) is 6.42. The van der Waals surface area contributed by atoms with Gasteiger partial charge in [0.25, 0.3) is 0 Å². The molecule has 1 aromatic rings. The van der Waals surface area contributed by atoms with Crippen LogP contribution in [0.25, 0.3) is 0 Å². The number of nitrogens with zero attached hydrogens (tertiary/aromatic N) is 1. The second kappa shape index (κ2) is 4.93. The Balaban J connectivity index is 1.48. The fourth-order valence-electron chi connectivity index (χ4n) is 2.98. The van der Waals surface area contributed by atoms with E-state index in [1.54, 1.807) is 0 Å². The molecule has 0 unspecified atom stereocenters. The van der Waals surface area contributed by atoms with Crippen molar-refractivity contribution < 1.29 is 9.47 Å². The number of hydrogen-bond acceptors (Lipinski definition) is 4. The molecule has 4 heteroatoms. The lowest BCUT2D eigenvalue weighted by atomic mass is 10.1. The fraction of sp³-hybridized carbons (Fsp3) is 0.625. The lowest BCUT2D eigenvalue weighted by Gasteiger charge is -2.27. The van der Waals surface area contributed by atoms with Gasteiger partial charge in [-0.3, -0.25) is 4.90 Å². The largest absolute Gasteiger partial charge is 0.489 e. The van der Waals surface area contributed by atoms with E-state index in [2.05, 4.69) is 28.4 Å². The van der Waals surface area contributed by atoms with Gasteiger partial charge in [0.1, 0.15) is 0 Å². The maximum Gasteiger partial charge on any atom is 0.161 e. The molecule has 0 aromatic heterocycles. The molecule has 1 spiro atoms. The zero-order chi connectivity index (χ0) is 13.4. The van der Waals surface area contributed by atoms with Crippen LogP contribution in [-0.2, 0) is 6.54 Å². The zero-order valence-corrected chi connectivity index (χ0v) is 11.9. The third kappa shape index (κ3) is 2.50. The molecule has 4 rings (SSSR count). The summed E-state index contributed by atoms with van der Waals surface area (Å²) in [6.45, 7) is 7.06. The van der Waals surface area contributed by atoms with Crippen LogP contribution in [0, 0.1) is 5.41 Å². The van der Waals surface area contributed by atoms with Crippen molar-refractivity contribution in [2.45, 2.75) is 19.4 Å². The summed E-state index contributed by atoms with van der Waals surface area (Å²) in [5, 5.41) is 3.39.